The molecule has 0 aliphatic carbocycles. The number of carbonyl (C=O) groups is 2. The van der Waals surface area contributed by atoms with E-state index in [0.29, 0.717) is 25.6 Å². The first-order valence-electron chi connectivity index (χ1n) is 10.2. The molecular weight excluding hydrogens is 380 g/mol. The Bertz CT molecular complexity index is 728. The minimum Gasteiger partial charge on any atom is -0.435 e. The van der Waals surface area contributed by atoms with Gasteiger partial charge in [0.05, 0.1) is 6.67 Å². The zero-order valence-electron chi connectivity index (χ0n) is 17.0. The smallest absolute Gasteiger partial charge is 0.387 e. The van der Waals surface area contributed by atoms with Crippen molar-refractivity contribution in [1.82, 2.24) is 15.1 Å². The molecule has 0 unspecified atom stereocenters. The molecule has 2 heterocycles. The molecule has 2 aliphatic rings. The molecule has 0 bridgehead atoms. The minimum atomic E-state index is -2.86. The van der Waals surface area contributed by atoms with Gasteiger partial charge in [-0.15, -0.1) is 0 Å². The lowest BCUT2D eigenvalue weighted by Crippen LogP contribution is -2.49. The van der Waals surface area contributed by atoms with Gasteiger partial charge >= 0.3 is 12.6 Å². The van der Waals surface area contributed by atoms with Crippen molar-refractivity contribution in [3.63, 3.8) is 0 Å². The fourth-order valence-corrected chi connectivity index (χ4v) is 4.17. The van der Waals surface area contributed by atoms with E-state index in [-0.39, 0.29) is 17.7 Å². The van der Waals surface area contributed by atoms with Gasteiger partial charge in [-0.1, -0.05) is 25.5 Å². The van der Waals surface area contributed by atoms with Gasteiger partial charge in [0.2, 0.25) is 0 Å². The van der Waals surface area contributed by atoms with Gasteiger partial charge in [0, 0.05) is 12.6 Å². The molecule has 1 aromatic carbocycles. The van der Waals surface area contributed by atoms with Gasteiger partial charge < -0.3 is 10.1 Å². The largest absolute Gasteiger partial charge is 0.435 e. The first kappa shape index (κ1) is 21.5. The van der Waals surface area contributed by atoms with Crippen LogP contribution in [0.25, 0.3) is 0 Å². The zero-order valence-corrected chi connectivity index (χ0v) is 17.0. The van der Waals surface area contributed by atoms with E-state index in [2.05, 4.69) is 21.9 Å². The average Bonchev–Trinajstić information content (AvgIpc) is 2.91. The van der Waals surface area contributed by atoms with Gasteiger partial charge in [0.1, 0.15) is 11.3 Å². The SMILES string of the molecule is CC[C@@H]1CCCCN1CN1C(=O)N[C@](C)(CCc2ccc(OC(F)F)cc2)C1=O. The van der Waals surface area contributed by atoms with E-state index in [9.17, 15) is 18.4 Å². The molecule has 1 aromatic rings. The number of rotatable bonds is 8. The number of aryl methyl sites for hydroxylation is 1. The number of ether oxygens (including phenoxy) is 1. The Hall–Kier alpha value is -2.22. The molecule has 2 aliphatic heterocycles. The molecule has 160 valence electrons. The lowest BCUT2D eigenvalue weighted by atomic mass is 9.93. The molecule has 8 heteroatoms. The number of urea groups is 1. The Balaban J connectivity index is 1.60. The van der Waals surface area contributed by atoms with Gasteiger partial charge in [0.15, 0.2) is 0 Å². The second-order valence-electron chi connectivity index (χ2n) is 8.03. The van der Waals surface area contributed by atoms with Crippen LogP contribution in [-0.2, 0) is 11.2 Å². The normalized spacial score (nSPS) is 25.6. The molecule has 2 atom stereocenters. The van der Waals surface area contributed by atoms with E-state index in [1.807, 2.05) is 0 Å². The summed E-state index contributed by atoms with van der Waals surface area (Å²) in [5, 5.41) is 2.85. The summed E-state index contributed by atoms with van der Waals surface area (Å²) in [7, 11) is 0. The molecule has 29 heavy (non-hydrogen) atoms. The second-order valence-corrected chi connectivity index (χ2v) is 8.03. The highest BCUT2D eigenvalue weighted by Gasteiger charge is 2.48. The lowest BCUT2D eigenvalue weighted by Gasteiger charge is -2.37. The Kier molecular flexibility index (Phi) is 6.72. The predicted molar refractivity (Wildman–Crippen MR) is 105 cm³/mol. The van der Waals surface area contributed by atoms with Gasteiger partial charge in [0.25, 0.3) is 5.91 Å². The van der Waals surface area contributed by atoms with Crippen LogP contribution in [0, 0.1) is 0 Å². The van der Waals surface area contributed by atoms with Crippen molar-refractivity contribution in [2.45, 2.75) is 70.6 Å². The first-order valence-corrected chi connectivity index (χ1v) is 10.2. The number of hydrogen-bond acceptors (Lipinski definition) is 4. The van der Waals surface area contributed by atoms with E-state index in [4.69, 9.17) is 0 Å². The van der Waals surface area contributed by atoms with E-state index in [1.54, 1.807) is 19.1 Å². The third kappa shape index (κ3) is 5.04. The summed E-state index contributed by atoms with van der Waals surface area (Å²) in [6, 6.07) is 6.40. The number of piperidine rings is 1. The molecule has 2 fully saturated rings. The number of carbonyl (C=O) groups excluding carboxylic acids is 2. The van der Waals surface area contributed by atoms with Gasteiger partial charge in [-0.2, -0.15) is 8.78 Å². The average molecular weight is 409 g/mol. The highest BCUT2D eigenvalue weighted by molar-refractivity contribution is 6.06. The third-order valence-electron chi connectivity index (χ3n) is 5.95. The van der Waals surface area contributed by atoms with Gasteiger partial charge in [-0.3, -0.25) is 9.69 Å². The molecule has 3 rings (SSSR count). The Morgan fingerprint density at radius 1 is 1.24 bits per heavy atom. The monoisotopic (exact) mass is 409 g/mol. The molecule has 0 spiro atoms. The highest BCUT2D eigenvalue weighted by atomic mass is 19.3. The number of nitrogens with one attached hydrogen (secondary N) is 1. The first-order chi connectivity index (χ1) is 13.8. The summed E-state index contributed by atoms with van der Waals surface area (Å²) in [4.78, 5) is 29.1. The standard InChI is InChI=1S/C21H29F2N3O3/c1-3-16-6-4-5-13-25(16)14-26-18(27)21(2,24-20(26)28)12-11-15-7-9-17(10-8-15)29-19(22)23/h7-10,16,19H,3-6,11-14H2,1-2H3,(H,24,28)/t16-,21-/m1/s1. The molecular formula is C21H29F2N3O3. The van der Waals surface area contributed by atoms with Crippen LogP contribution in [0.15, 0.2) is 24.3 Å². The van der Waals surface area contributed by atoms with E-state index >= 15 is 0 Å². The quantitative estimate of drug-likeness (QED) is 0.665. The molecule has 3 amide bonds. The third-order valence-corrected chi connectivity index (χ3v) is 5.95. The molecule has 0 saturated carbocycles. The van der Waals surface area contributed by atoms with Crippen molar-refractivity contribution in [2.75, 3.05) is 13.2 Å². The molecule has 0 aromatic heterocycles. The Labute approximate surface area is 170 Å². The maximum Gasteiger partial charge on any atom is 0.387 e. The van der Waals surface area contributed by atoms with Gasteiger partial charge in [-0.25, -0.2) is 9.69 Å². The van der Waals surface area contributed by atoms with Crippen LogP contribution in [-0.4, -0.2) is 53.1 Å². The molecule has 6 nitrogen and oxygen atoms in total. The summed E-state index contributed by atoms with van der Waals surface area (Å²) >= 11 is 0. The topological polar surface area (TPSA) is 61.9 Å². The predicted octanol–water partition coefficient (Wildman–Crippen LogP) is 3.75. The van der Waals surface area contributed by atoms with E-state index < -0.39 is 12.2 Å². The maximum absolute atomic E-state index is 13.0. The fraction of sp³-hybridized carbons (Fsp3) is 0.619. The van der Waals surface area contributed by atoms with E-state index in [1.165, 1.54) is 23.5 Å². The Morgan fingerprint density at radius 2 is 1.97 bits per heavy atom. The summed E-state index contributed by atoms with van der Waals surface area (Å²) in [6.45, 7) is 2.26. The van der Waals surface area contributed by atoms with Crippen LogP contribution in [0.1, 0.15) is 51.5 Å². The summed E-state index contributed by atoms with van der Waals surface area (Å²) in [5.41, 5.74) is -0.0809. The maximum atomic E-state index is 13.0. The van der Waals surface area contributed by atoms with Crippen LogP contribution in [0.2, 0.25) is 0 Å². The van der Waals surface area contributed by atoms with Crippen molar-refractivity contribution in [3.8, 4) is 5.75 Å². The number of amides is 3. The van der Waals surface area contributed by atoms with Crippen LogP contribution in [0.5, 0.6) is 5.75 Å². The lowest BCUT2D eigenvalue weighted by molar-refractivity contribution is -0.133. The fourth-order valence-electron chi connectivity index (χ4n) is 4.17. The number of alkyl halides is 2. The minimum absolute atomic E-state index is 0.0957. The number of likely N-dealkylation sites (tertiary alicyclic amines) is 1. The van der Waals surface area contributed by atoms with Crippen LogP contribution in [0.3, 0.4) is 0 Å². The Morgan fingerprint density at radius 3 is 2.62 bits per heavy atom. The highest BCUT2D eigenvalue weighted by Crippen LogP contribution is 2.26. The second kappa shape index (κ2) is 9.07. The number of hydrogen-bond donors (Lipinski definition) is 1. The number of nitrogens with zero attached hydrogens (tertiary/aromatic N) is 2. The van der Waals surface area contributed by atoms with Crippen LogP contribution in [0.4, 0.5) is 13.6 Å². The molecule has 2 saturated heterocycles. The van der Waals surface area contributed by atoms with Gasteiger partial charge in [-0.05, 0) is 56.7 Å². The van der Waals surface area contributed by atoms with Crippen LogP contribution < -0.4 is 10.1 Å². The number of halogens is 2. The zero-order chi connectivity index (χ0) is 21.0. The van der Waals surface area contributed by atoms with Crippen molar-refractivity contribution >= 4 is 11.9 Å². The molecule has 0 radical (unpaired) electrons. The van der Waals surface area contributed by atoms with Crippen LogP contribution >= 0.6 is 0 Å². The summed E-state index contributed by atoms with van der Waals surface area (Å²) in [5.74, 6) is -0.112. The summed E-state index contributed by atoms with van der Waals surface area (Å²) < 4.78 is 28.8. The number of benzene rings is 1. The van der Waals surface area contributed by atoms with Crippen molar-refractivity contribution < 1.29 is 23.1 Å². The molecule has 1 N–H and O–H groups in total. The van der Waals surface area contributed by atoms with Crippen molar-refractivity contribution in [1.29, 1.82) is 0 Å². The van der Waals surface area contributed by atoms with Crippen molar-refractivity contribution in [2.24, 2.45) is 0 Å². The number of imide groups is 1. The van der Waals surface area contributed by atoms with Crippen molar-refractivity contribution in [3.05, 3.63) is 29.8 Å². The summed E-state index contributed by atoms with van der Waals surface area (Å²) in [6.07, 6.45) is 5.35. The van der Waals surface area contributed by atoms with E-state index in [0.717, 1.165) is 31.4 Å².